The van der Waals surface area contributed by atoms with E-state index in [2.05, 4.69) is 10.0 Å². The molecular weight excluding hydrogens is 284 g/mol. The van der Waals surface area contributed by atoms with Gasteiger partial charge in [0.2, 0.25) is 5.91 Å². The molecule has 0 aromatic heterocycles. The van der Waals surface area contributed by atoms with Crippen molar-refractivity contribution in [3.63, 3.8) is 0 Å². The standard InChI is InChI=1S/C15H18N4O3/c1-10-2-4-11(5-3-10)6-13(15(21)22)19-9-12(7-14(19)20)8-17-18-16/h2-5,12-13H,6-9H2,1H3,(H,21,22)/t12?,13-/m0/s1. The summed E-state index contributed by atoms with van der Waals surface area (Å²) in [5.41, 5.74) is 10.3. The number of amides is 1. The molecular formula is C15H18N4O3. The zero-order valence-electron chi connectivity index (χ0n) is 12.3. The molecule has 0 bridgehead atoms. The second kappa shape index (κ2) is 6.95. The van der Waals surface area contributed by atoms with Crippen molar-refractivity contribution < 1.29 is 14.7 Å². The maximum Gasteiger partial charge on any atom is 0.326 e. The van der Waals surface area contributed by atoms with Crippen LogP contribution in [-0.4, -0.2) is 41.0 Å². The molecule has 1 saturated heterocycles. The minimum absolute atomic E-state index is 0.108. The average Bonchev–Trinajstić information content (AvgIpc) is 2.85. The Morgan fingerprint density at radius 3 is 2.77 bits per heavy atom. The van der Waals surface area contributed by atoms with Crippen LogP contribution in [0.5, 0.6) is 0 Å². The number of nitrogens with zero attached hydrogens (tertiary/aromatic N) is 4. The zero-order valence-corrected chi connectivity index (χ0v) is 12.3. The molecule has 1 aliphatic rings. The van der Waals surface area contributed by atoms with Crippen molar-refractivity contribution in [2.45, 2.75) is 25.8 Å². The summed E-state index contributed by atoms with van der Waals surface area (Å²) in [4.78, 5) is 27.7. The molecule has 0 saturated carbocycles. The number of carboxylic acid groups (broad SMARTS) is 1. The van der Waals surface area contributed by atoms with Crippen molar-refractivity contribution in [1.29, 1.82) is 0 Å². The highest BCUT2D eigenvalue weighted by Gasteiger charge is 2.37. The van der Waals surface area contributed by atoms with Gasteiger partial charge in [-0.2, -0.15) is 0 Å². The highest BCUT2D eigenvalue weighted by atomic mass is 16.4. The Hall–Kier alpha value is -2.53. The number of carbonyl (C=O) groups excluding carboxylic acids is 1. The van der Waals surface area contributed by atoms with Gasteiger partial charge in [-0.15, -0.1) is 0 Å². The van der Waals surface area contributed by atoms with Crippen molar-refractivity contribution in [3.05, 3.63) is 45.8 Å². The van der Waals surface area contributed by atoms with E-state index in [-0.39, 0.29) is 31.2 Å². The topological polar surface area (TPSA) is 106 Å². The summed E-state index contributed by atoms with van der Waals surface area (Å²) in [7, 11) is 0. The van der Waals surface area contributed by atoms with Gasteiger partial charge in [0.25, 0.3) is 0 Å². The molecule has 1 heterocycles. The van der Waals surface area contributed by atoms with Crippen LogP contribution in [0.3, 0.4) is 0 Å². The molecule has 1 unspecified atom stereocenters. The summed E-state index contributed by atoms with van der Waals surface area (Å²) in [5, 5.41) is 12.9. The largest absolute Gasteiger partial charge is 0.480 e. The van der Waals surface area contributed by atoms with Crippen molar-refractivity contribution in [2.75, 3.05) is 13.1 Å². The number of hydrogen-bond donors (Lipinski definition) is 1. The molecule has 0 aliphatic carbocycles. The van der Waals surface area contributed by atoms with Crippen molar-refractivity contribution >= 4 is 11.9 Å². The summed E-state index contributed by atoms with van der Waals surface area (Å²) in [6.07, 6.45) is 0.506. The van der Waals surface area contributed by atoms with Gasteiger partial charge in [0.15, 0.2) is 0 Å². The van der Waals surface area contributed by atoms with Crippen LogP contribution in [0.2, 0.25) is 0 Å². The number of benzene rings is 1. The van der Waals surface area contributed by atoms with Crippen LogP contribution in [0.1, 0.15) is 17.5 Å². The SMILES string of the molecule is Cc1ccc(C[C@@H](C(=O)O)N2CC(CN=[N+]=[N-])CC2=O)cc1. The Morgan fingerprint density at radius 1 is 1.50 bits per heavy atom. The smallest absolute Gasteiger partial charge is 0.326 e. The first-order valence-electron chi connectivity index (χ1n) is 7.10. The Kier molecular flexibility index (Phi) is 5.01. The predicted octanol–water partition coefficient (Wildman–Crippen LogP) is 2.15. The number of likely N-dealkylation sites (tertiary alicyclic amines) is 1. The maximum atomic E-state index is 12.1. The molecule has 2 atom stereocenters. The molecule has 1 N–H and O–H groups in total. The quantitative estimate of drug-likeness (QED) is 0.494. The summed E-state index contributed by atoms with van der Waals surface area (Å²) < 4.78 is 0. The number of rotatable bonds is 6. The first kappa shape index (κ1) is 15.9. The first-order chi connectivity index (χ1) is 10.5. The van der Waals surface area contributed by atoms with Crippen molar-refractivity contribution in [2.24, 2.45) is 11.0 Å². The van der Waals surface area contributed by atoms with Gasteiger partial charge in [-0.1, -0.05) is 34.9 Å². The van der Waals surface area contributed by atoms with E-state index < -0.39 is 12.0 Å². The minimum Gasteiger partial charge on any atom is -0.480 e. The van der Waals surface area contributed by atoms with Gasteiger partial charge in [-0.25, -0.2) is 4.79 Å². The fourth-order valence-electron chi connectivity index (χ4n) is 2.66. The molecule has 1 amide bonds. The van der Waals surface area contributed by atoms with E-state index in [4.69, 9.17) is 5.53 Å². The van der Waals surface area contributed by atoms with Crippen LogP contribution < -0.4 is 0 Å². The predicted molar refractivity (Wildman–Crippen MR) is 80.1 cm³/mol. The van der Waals surface area contributed by atoms with E-state index in [1.165, 1.54) is 4.90 Å². The van der Waals surface area contributed by atoms with Crippen molar-refractivity contribution in [1.82, 2.24) is 4.90 Å². The molecule has 0 spiro atoms. The molecule has 2 rings (SSSR count). The number of hydrogen-bond acceptors (Lipinski definition) is 3. The molecule has 1 fully saturated rings. The molecule has 0 radical (unpaired) electrons. The van der Waals surface area contributed by atoms with E-state index in [0.29, 0.717) is 6.54 Å². The van der Waals surface area contributed by atoms with Crippen molar-refractivity contribution in [3.8, 4) is 0 Å². The maximum absolute atomic E-state index is 12.1. The Bertz CT molecular complexity index is 608. The lowest BCUT2D eigenvalue weighted by molar-refractivity contribution is -0.148. The summed E-state index contributed by atoms with van der Waals surface area (Å²) >= 11 is 0. The van der Waals surface area contributed by atoms with Gasteiger partial charge in [-0.05, 0) is 23.9 Å². The molecule has 7 nitrogen and oxygen atoms in total. The lowest BCUT2D eigenvalue weighted by Gasteiger charge is -2.24. The van der Waals surface area contributed by atoms with E-state index in [1.807, 2.05) is 31.2 Å². The van der Waals surface area contributed by atoms with Crippen LogP contribution in [0.4, 0.5) is 0 Å². The lowest BCUT2D eigenvalue weighted by atomic mass is 10.0. The van der Waals surface area contributed by atoms with Gasteiger partial charge >= 0.3 is 5.97 Å². The summed E-state index contributed by atoms with van der Waals surface area (Å²) in [6, 6.07) is 6.72. The minimum atomic E-state index is -1.02. The molecule has 22 heavy (non-hydrogen) atoms. The summed E-state index contributed by atoms with van der Waals surface area (Å²) in [5.74, 6) is -1.32. The third-order valence-electron chi connectivity index (χ3n) is 3.85. The zero-order chi connectivity index (χ0) is 16.1. The number of azide groups is 1. The molecule has 7 heteroatoms. The van der Waals surface area contributed by atoms with Crippen LogP contribution >= 0.6 is 0 Å². The van der Waals surface area contributed by atoms with Gasteiger partial charge < -0.3 is 10.0 Å². The van der Waals surface area contributed by atoms with E-state index in [0.717, 1.165) is 11.1 Å². The highest BCUT2D eigenvalue weighted by Crippen LogP contribution is 2.23. The van der Waals surface area contributed by atoms with Crippen LogP contribution in [0, 0.1) is 12.8 Å². The van der Waals surface area contributed by atoms with Gasteiger partial charge in [0, 0.05) is 30.8 Å². The third-order valence-corrected chi connectivity index (χ3v) is 3.85. The lowest BCUT2D eigenvalue weighted by Crippen LogP contribution is -2.43. The molecule has 1 aromatic carbocycles. The van der Waals surface area contributed by atoms with Gasteiger partial charge in [0.05, 0.1) is 0 Å². The second-order valence-electron chi connectivity index (χ2n) is 5.57. The second-order valence-corrected chi connectivity index (χ2v) is 5.57. The van der Waals surface area contributed by atoms with E-state index >= 15 is 0 Å². The van der Waals surface area contributed by atoms with Crippen LogP contribution in [0.15, 0.2) is 29.4 Å². The number of carboxylic acids is 1. The van der Waals surface area contributed by atoms with Gasteiger partial charge in [-0.3, -0.25) is 4.79 Å². The fourth-order valence-corrected chi connectivity index (χ4v) is 2.66. The monoisotopic (exact) mass is 302 g/mol. The Balaban J connectivity index is 2.10. The number of aryl methyl sites for hydroxylation is 1. The van der Waals surface area contributed by atoms with E-state index in [1.54, 1.807) is 0 Å². The molecule has 116 valence electrons. The van der Waals surface area contributed by atoms with Crippen LogP contribution in [0.25, 0.3) is 10.4 Å². The first-order valence-corrected chi connectivity index (χ1v) is 7.10. The Morgan fingerprint density at radius 2 is 2.18 bits per heavy atom. The third kappa shape index (κ3) is 3.77. The molecule has 1 aromatic rings. The fraction of sp³-hybridized carbons (Fsp3) is 0.467. The number of aliphatic carboxylic acids is 1. The highest BCUT2D eigenvalue weighted by molar-refractivity contribution is 5.85. The summed E-state index contributed by atoms with van der Waals surface area (Å²) in [6.45, 7) is 2.50. The Labute approximate surface area is 128 Å². The molecule has 1 aliphatic heterocycles. The van der Waals surface area contributed by atoms with Gasteiger partial charge in [0.1, 0.15) is 6.04 Å². The van der Waals surface area contributed by atoms with Crippen LogP contribution in [-0.2, 0) is 16.0 Å². The number of carbonyl (C=O) groups is 2. The normalized spacial score (nSPS) is 18.9. The van der Waals surface area contributed by atoms with E-state index in [9.17, 15) is 14.7 Å². The average molecular weight is 302 g/mol.